The summed E-state index contributed by atoms with van der Waals surface area (Å²) < 4.78 is 6.30. The molecule has 0 radical (unpaired) electrons. The lowest BCUT2D eigenvalue weighted by atomic mass is 9.81. The monoisotopic (exact) mass is 259 g/mol. The van der Waals surface area contributed by atoms with Crippen LogP contribution in [0.25, 0.3) is 0 Å². The number of unbranched alkanes of at least 4 members (excludes halogenated alkanes) is 1. The highest BCUT2D eigenvalue weighted by Crippen LogP contribution is 2.36. The van der Waals surface area contributed by atoms with Crippen molar-refractivity contribution in [1.82, 2.24) is 0 Å². The van der Waals surface area contributed by atoms with E-state index < -0.39 is 0 Å². The highest BCUT2D eigenvalue weighted by molar-refractivity contribution is 5.36. The van der Waals surface area contributed by atoms with Gasteiger partial charge in [-0.25, -0.2) is 0 Å². The van der Waals surface area contributed by atoms with Crippen LogP contribution in [0.2, 0.25) is 0 Å². The Hall–Kier alpha value is -1.12. The Morgan fingerprint density at radius 3 is 2.95 bits per heavy atom. The number of nitrogens with two attached hydrogens (primary N) is 1. The first-order chi connectivity index (χ1) is 9.30. The predicted molar refractivity (Wildman–Crippen MR) is 80.9 cm³/mol. The quantitative estimate of drug-likeness (QED) is 0.708. The summed E-state index contributed by atoms with van der Waals surface area (Å²) in [5, 5.41) is 0. The van der Waals surface area contributed by atoms with Gasteiger partial charge in [-0.15, -0.1) is 0 Å². The molecule has 0 saturated carbocycles. The van der Waals surface area contributed by atoms with Gasteiger partial charge in [0.2, 0.25) is 0 Å². The molecule has 104 valence electrons. The molecule has 2 aliphatic carbocycles. The third-order valence-corrected chi connectivity index (χ3v) is 3.90. The molecule has 2 nitrogen and oxygen atoms in total. The molecule has 0 heterocycles. The molecule has 0 aromatic carbocycles. The molecule has 0 fully saturated rings. The van der Waals surface area contributed by atoms with Crippen molar-refractivity contribution in [2.24, 2.45) is 5.73 Å². The highest BCUT2D eigenvalue weighted by atomic mass is 16.5. The standard InChI is InChI=1S/C17H25NO/c1-2-3-12-19-17(13-15-8-4-5-9-15)11-7-6-10-16(17)14-18/h4,6-10H,2-3,5,11-14,18H2,1H3. The summed E-state index contributed by atoms with van der Waals surface area (Å²) in [6.07, 6.45) is 18.4. The van der Waals surface area contributed by atoms with E-state index in [2.05, 4.69) is 43.4 Å². The van der Waals surface area contributed by atoms with Crippen molar-refractivity contribution in [3.8, 4) is 0 Å². The van der Waals surface area contributed by atoms with Crippen LogP contribution in [0.15, 0.2) is 47.6 Å². The summed E-state index contributed by atoms with van der Waals surface area (Å²) in [7, 11) is 0. The molecule has 0 aromatic heterocycles. The largest absolute Gasteiger partial charge is 0.370 e. The van der Waals surface area contributed by atoms with E-state index in [-0.39, 0.29) is 5.60 Å². The number of allylic oxidation sites excluding steroid dienone is 5. The molecule has 0 aromatic rings. The first-order valence-corrected chi connectivity index (χ1v) is 7.36. The average Bonchev–Trinajstić information content (AvgIpc) is 2.92. The summed E-state index contributed by atoms with van der Waals surface area (Å²) >= 11 is 0. The Morgan fingerprint density at radius 1 is 1.37 bits per heavy atom. The number of hydrogen-bond donors (Lipinski definition) is 1. The lowest BCUT2D eigenvalue weighted by Crippen LogP contribution is -2.39. The van der Waals surface area contributed by atoms with Gasteiger partial charge in [0.05, 0.1) is 5.60 Å². The third kappa shape index (κ3) is 3.46. The molecule has 0 amide bonds. The fourth-order valence-electron chi connectivity index (χ4n) is 2.75. The van der Waals surface area contributed by atoms with Crippen LogP contribution in [-0.2, 0) is 4.74 Å². The minimum Gasteiger partial charge on any atom is -0.370 e. The van der Waals surface area contributed by atoms with Gasteiger partial charge >= 0.3 is 0 Å². The maximum Gasteiger partial charge on any atom is 0.0981 e. The molecule has 0 bridgehead atoms. The zero-order valence-corrected chi connectivity index (χ0v) is 11.9. The number of hydrogen-bond acceptors (Lipinski definition) is 2. The summed E-state index contributed by atoms with van der Waals surface area (Å²) in [4.78, 5) is 0. The van der Waals surface area contributed by atoms with E-state index >= 15 is 0 Å². The second kappa shape index (κ2) is 6.88. The molecular weight excluding hydrogens is 234 g/mol. The maximum atomic E-state index is 6.30. The van der Waals surface area contributed by atoms with E-state index in [4.69, 9.17) is 10.5 Å². The molecule has 0 aliphatic heterocycles. The third-order valence-electron chi connectivity index (χ3n) is 3.90. The lowest BCUT2D eigenvalue weighted by molar-refractivity contribution is -0.0174. The summed E-state index contributed by atoms with van der Waals surface area (Å²) in [5.41, 5.74) is 8.34. The molecule has 1 atom stereocenters. The Balaban J connectivity index is 2.14. The van der Waals surface area contributed by atoms with E-state index in [1.54, 1.807) is 0 Å². The van der Waals surface area contributed by atoms with E-state index in [0.717, 1.165) is 38.7 Å². The molecule has 19 heavy (non-hydrogen) atoms. The molecule has 1 unspecified atom stereocenters. The molecule has 0 saturated heterocycles. The first kappa shape index (κ1) is 14.3. The number of rotatable bonds is 7. The van der Waals surface area contributed by atoms with Crippen molar-refractivity contribution >= 4 is 0 Å². The Kier molecular flexibility index (Phi) is 5.17. The van der Waals surface area contributed by atoms with Crippen molar-refractivity contribution in [2.45, 2.75) is 44.6 Å². The van der Waals surface area contributed by atoms with Gasteiger partial charge in [0.1, 0.15) is 0 Å². The van der Waals surface area contributed by atoms with Gasteiger partial charge in [-0.1, -0.05) is 49.8 Å². The molecule has 2 heteroatoms. The molecular formula is C17H25NO. The SMILES string of the molecule is CCCCOC1(CC2=CCC=C2)CC=CC=C1CN. The van der Waals surface area contributed by atoms with E-state index in [1.165, 1.54) is 11.1 Å². The van der Waals surface area contributed by atoms with Crippen LogP contribution < -0.4 is 5.73 Å². The van der Waals surface area contributed by atoms with Crippen LogP contribution >= 0.6 is 0 Å². The highest BCUT2D eigenvalue weighted by Gasteiger charge is 2.35. The van der Waals surface area contributed by atoms with Crippen LogP contribution in [0, 0.1) is 0 Å². The maximum absolute atomic E-state index is 6.30. The van der Waals surface area contributed by atoms with Crippen LogP contribution in [0.3, 0.4) is 0 Å². The van der Waals surface area contributed by atoms with Crippen LogP contribution in [0.5, 0.6) is 0 Å². The second-order valence-corrected chi connectivity index (χ2v) is 5.32. The second-order valence-electron chi connectivity index (χ2n) is 5.32. The zero-order chi connectivity index (χ0) is 13.6. The fourth-order valence-corrected chi connectivity index (χ4v) is 2.75. The Morgan fingerprint density at radius 2 is 2.26 bits per heavy atom. The molecule has 2 rings (SSSR count). The minimum atomic E-state index is -0.209. The summed E-state index contributed by atoms with van der Waals surface area (Å²) in [6, 6.07) is 0. The van der Waals surface area contributed by atoms with Gasteiger partial charge in [0.25, 0.3) is 0 Å². The summed E-state index contributed by atoms with van der Waals surface area (Å²) in [6.45, 7) is 3.59. The van der Waals surface area contributed by atoms with Crippen LogP contribution in [0.1, 0.15) is 39.0 Å². The van der Waals surface area contributed by atoms with Crippen molar-refractivity contribution < 1.29 is 4.74 Å². The normalized spacial score (nSPS) is 25.6. The fraction of sp³-hybridized carbons (Fsp3) is 0.529. The molecule has 2 N–H and O–H groups in total. The smallest absolute Gasteiger partial charge is 0.0981 e. The van der Waals surface area contributed by atoms with Crippen molar-refractivity contribution in [1.29, 1.82) is 0 Å². The van der Waals surface area contributed by atoms with E-state index in [9.17, 15) is 0 Å². The predicted octanol–water partition coefficient (Wildman–Crippen LogP) is 3.66. The topological polar surface area (TPSA) is 35.2 Å². The number of ether oxygens (including phenoxy) is 1. The van der Waals surface area contributed by atoms with Crippen molar-refractivity contribution in [3.05, 3.63) is 47.6 Å². The summed E-state index contributed by atoms with van der Waals surface area (Å²) in [5.74, 6) is 0. The molecule has 0 spiro atoms. The van der Waals surface area contributed by atoms with E-state index in [1.807, 2.05) is 0 Å². The van der Waals surface area contributed by atoms with Crippen molar-refractivity contribution in [3.63, 3.8) is 0 Å². The van der Waals surface area contributed by atoms with Crippen molar-refractivity contribution in [2.75, 3.05) is 13.2 Å². The molecule has 2 aliphatic rings. The Bertz CT molecular complexity index is 417. The van der Waals surface area contributed by atoms with E-state index in [0.29, 0.717) is 6.54 Å². The van der Waals surface area contributed by atoms with Gasteiger partial charge in [-0.05, 0) is 30.4 Å². The minimum absolute atomic E-state index is 0.209. The average molecular weight is 259 g/mol. The zero-order valence-electron chi connectivity index (χ0n) is 11.9. The van der Waals surface area contributed by atoms with Gasteiger partial charge in [-0.3, -0.25) is 0 Å². The van der Waals surface area contributed by atoms with Crippen LogP contribution in [0.4, 0.5) is 0 Å². The first-order valence-electron chi connectivity index (χ1n) is 7.36. The van der Waals surface area contributed by atoms with Gasteiger partial charge in [0, 0.05) is 19.6 Å². The van der Waals surface area contributed by atoms with Gasteiger partial charge in [0.15, 0.2) is 0 Å². The van der Waals surface area contributed by atoms with Crippen LogP contribution in [-0.4, -0.2) is 18.8 Å². The lowest BCUT2D eigenvalue weighted by Gasteiger charge is -2.37. The van der Waals surface area contributed by atoms with Gasteiger partial charge < -0.3 is 10.5 Å². The Labute approximate surface area is 116 Å². The van der Waals surface area contributed by atoms with Gasteiger partial charge in [-0.2, -0.15) is 0 Å².